The lowest BCUT2D eigenvalue weighted by atomic mass is 9.88. The van der Waals surface area contributed by atoms with Crippen LogP contribution in [0.5, 0.6) is 5.75 Å². The molecule has 2 aliphatic rings. The number of carbonyl (C=O) groups excluding carboxylic acids is 1. The van der Waals surface area contributed by atoms with E-state index in [-0.39, 0.29) is 42.0 Å². The van der Waals surface area contributed by atoms with Crippen molar-refractivity contribution in [3.8, 4) is 5.75 Å². The van der Waals surface area contributed by atoms with Crippen molar-refractivity contribution in [2.24, 2.45) is 5.92 Å². The lowest BCUT2D eigenvalue weighted by Gasteiger charge is -2.31. The molecule has 1 saturated heterocycles. The highest BCUT2D eigenvalue weighted by atomic mass is 35.5. The molecule has 44 heavy (non-hydrogen) atoms. The van der Waals surface area contributed by atoms with Crippen LogP contribution in [0.25, 0.3) is 0 Å². The number of halogens is 5. The molecule has 2 fully saturated rings. The summed E-state index contributed by atoms with van der Waals surface area (Å²) >= 11 is 6.06. The second-order valence-electron chi connectivity index (χ2n) is 10.7. The zero-order valence-electron chi connectivity index (χ0n) is 23.7. The van der Waals surface area contributed by atoms with Gasteiger partial charge in [-0.3, -0.25) is 13.8 Å². The monoisotopic (exact) mass is 653 g/mol. The van der Waals surface area contributed by atoms with Crippen LogP contribution < -0.4 is 4.74 Å². The van der Waals surface area contributed by atoms with Gasteiger partial charge >= 0.3 is 6.18 Å². The lowest BCUT2D eigenvalue weighted by Crippen LogP contribution is -2.40. The molecule has 5 rings (SSSR count). The van der Waals surface area contributed by atoms with E-state index in [0.717, 1.165) is 38.2 Å². The zero-order valence-corrected chi connectivity index (χ0v) is 25.3. The first-order valence-corrected chi connectivity index (χ1v) is 15.6. The first-order chi connectivity index (χ1) is 21.0. The summed E-state index contributed by atoms with van der Waals surface area (Å²) in [6.07, 6.45) is 0.768. The van der Waals surface area contributed by atoms with Gasteiger partial charge in [0.2, 0.25) is 5.91 Å². The summed E-state index contributed by atoms with van der Waals surface area (Å²) in [4.78, 5) is 24.0. The Morgan fingerprint density at radius 2 is 1.68 bits per heavy atom. The topological polar surface area (TPSA) is 83.9 Å². The second kappa shape index (κ2) is 14.6. The van der Waals surface area contributed by atoms with E-state index in [2.05, 4.69) is 0 Å². The predicted molar refractivity (Wildman–Crippen MR) is 158 cm³/mol. The van der Waals surface area contributed by atoms with E-state index in [0.29, 0.717) is 29.2 Å². The Morgan fingerprint density at radius 1 is 1.05 bits per heavy atom. The summed E-state index contributed by atoms with van der Waals surface area (Å²) < 4.78 is 72.9. The summed E-state index contributed by atoms with van der Waals surface area (Å²) in [5.41, 5.74) is -0.309. The van der Waals surface area contributed by atoms with Crippen LogP contribution in [0.15, 0.2) is 71.6 Å². The smallest absolute Gasteiger partial charge is 0.416 e. The number of benzene rings is 3. The predicted octanol–water partition coefficient (Wildman–Crippen LogP) is 7.59. The van der Waals surface area contributed by atoms with Crippen LogP contribution in [0.3, 0.4) is 0 Å². The maximum absolute atomic E-state index is 14.1. The van der Waals surface area contributed by atoms with Crippen LogP contribution in [0.1, 0.15) is 55.2 Å². The summed E-state index contributed by atoms with van der Waals surface area (Å²) in [5.74, 6) is -0.0597. The second-order valence-corrected chi connectivity index (χ2v) is 12.9. The molecule has 1 aliphatic carbocycles. The van der Waals surface area contributed by atoms with Crippen LogP contribution in [0.4, 0.5) is 17.6 Å². The van der Waals surface area contributed by atoms with Crippen molar-refractivity contribution in [2.45, 2.75) is 61.0 Å². The largest absolute Gasteiger partial charge is 0.489 e. The molecule has 236 valence electrons. The third-order valence-electron chi connectivity index (χ3n) is 8.07. The minimum Gasteiger partial charge on any atom is -0.489 e. The number of nitrogens with zero attached hydrogens (tertiary/aromatic N) is 1. The number of likely N-dealkylation sites (tertiary alicyclic amines) is 1. The van der Waals surface area contributed by atoms with Crippen LogP contribution >= 0.6 is 11.6 Å². The van der Waals surface area contributed by atoms with Gasteiger partial charge in [-0.2, -0.15) is 13.2 Å². The number of carbonyl (C=O) groups is 2. The van der Waals surface area contributed by atoms with E-state index in [1.807, 2.05) is 0 Å². The molecule has 3 aromatic carbocycles. The highest BCUT2D eigenvalue weighted by Gasteiger charge is 2.47. The van der Waals surface area contributed by atoms with Gasteiger partial charge in [0.1, 0.15) is 18.2 Å². The molecule has 6 nitrogen and oxygen atoms in total. The summed E-state index contributed by atoms with van der Waals surface area (Å²) in [6.45, 7) is 0.0680. The normalized spacial score (nSPS) is 19.5. The molecule has 0 bridgehead atoms. The van der Waals surface area contributed by atoms with Crippen molar-refractivity contribution < 1.29 is 41.2 Å². The van der Waals surface area contributed by atoms with E-state index in [4.69, 9.17) is 26.2 Å². The Morgan fingerprint density at radius 3 is 2.30 bits per heavy atom. The van der Waals surface area contributed by atoms with Crippen molar-refractivity contribution in [1.82, 2.24) is 4.90 Å². The molecule has 1 amide bonds. The number of rotatable bonds is 7. The highest BCUT2D eigenvalue weighted by Crippen LogP contribution is 2.43. The highest BCUT2D eigenvalue weighted by molar-refractivity contribution is 7.86. The fraction of sp³-hybridized carbons (Fsp3) is 0.375. The zero-order chi connectivity index (χ0) is 31.9. The van der Waals surface area contributed by atoms with Crippen LogP contribution in [-0.2, 0) is 37.9 Å². The Balaban J connectivity index is 0.00000141. The van der Waals surface area contributed by atoms with E-state index in [1.54, 1.807) is 29.2 Å². The minimum atomic E-state index is -4.58. The van der Waals surface area contributed by atoms with Crippen molar-refractivity contribution >= 4 is 34.8 Å². The number of amides is 1. The average molecular weight is 654 g/mol. The van der Waals surface area contributed by atoms with Gasteiger partial charge in [-0.15, -0.1) is 0 Å². The van der Waals surface area contributed by atoms with Crippen molar-refractivity contribution in [2.75, 3.05) is 13.1 Å². The van der Waals surface area contributed by atoms with E-state index in [9.17, 15) is 26.6 Å². The van der Waals surface area contributed by atoms with Gasteiger partial charge in [0, 0.05) is 34.5 Å². The van der Waals surface area contributed by atoms with Gasteiger partial charge in [-0.1, -0.05) is 49.1 Å². The van der Waals surface area contributed by atoms with E-state index in [1.165, 1.54) is 36.4 Å². The molecule has 1 N–H and O–H groups in total. The van der Waals surface area contributed by atoms with E-state index < -0.39 is 33.1 Å². The molecule has 3 aromatic rings. The molecule has 2 atom stereocenters. The average Bonchev–Trinajstić information content (AvgIpc) is 3.47. The molecule has 1 aliphatic heterocycles. The minimum absolute atomic E-state index is 0.0269. The molecule has 0 spiro atoms. The Labute approximate surface area is 260 Å². The molecule has 1 heterocycles. The van der Waals surface area contributed by atoms with Crippen molar-refractivity contribution in [3.63, 3.8) is 0 Å². The van der Waals surface area contributed by atoms with Crippen molar-refractivity contribution in [1.29, 1.82) is 0 Å². The molecule has 12 heteroatoms. The number of alkyl halides is 3. The summed E-state index contributed by atoms with van der Waals surface area (Å²) in [7, 11) is -1.62. The molecular weight excluding hydrogens is 622 g/mol. The Hall–Kier alpha value is -3.44. The maximum Gasteiger partial charge on any atom is 0.416 e. The van der Waals surface area contributed by atoms with Gasteiger partial charge in [-0.05, 0) is 73.4 Å². The van der Waals surface area contributed by atoms with Crippen LogP contribution in [0, 0.1) is 11.7 Å². The first-order valence-electron chi connectivity index (χ1n) is 14.1. The van der Waals surface area contributed by atoms with Gasteiger partial charge in [0.25, 0.3) is 6.47 Å². The van der Waals surface area contributed by atoms with Crippen LogP contribution in [-0.4, -0.2) is 39.7 Å². The fourth-order valence-electron chi connectivity index (χ4n) is 5.84. The number of carboxylic acid groups (broad SMARTS) is 1. The third kappa shape index (κ3) is 7.61. The molecule has 1 saturated carbocycles. The third-order valence-corrected chi connectivity index (χ3v) is 10.4. The number of hydrogen-bond donors (Lipinski definition) is 1. The van der Waals surface area contributed by atoms with Crippen LogP contribution in [0.2, 0.25) is 5.02 Å². The number of ether oxygens (including phenoxy) is 1. The van der Waals surface area contributed by atoms with Gasteiger partial charge < -0.3 is 14.7 Å². The molecule has 0 radical (unpaired) electrons. The molecule has 0 aromatic heterocycles. The maximum atomic E-state index is 14.1. The van der Waals surface area contributed by atoms with Gasteiger partial charge in [-0.25, -0.2) is 4.39 Å². The molecule has 2 unspecified atom stereocenters. The molecular formula is C32H32ClF4NO5S. The van der Waals surface area contributed by atoms with Crippen molar-refractivity contribution in [3.05, 3.63) is 94.3 Å². The Bertz CT molecular complexity index is 1460. The Kier molecular flexibility index (Phi) is 11.1. The quantitative estimate of drug-likeness (QED) is 0.210. The summed E-state index contributed by atoms with van der Waals surface area (Å²) in [6, 6.07) is 15.8. The van der Waals surface area contributed by atoms with E-state index >= 15 is 0 Å². The number of hydrogen-bond acceptors (Lipinski definition) is 4. The fourth-order valence-corrected chi connectivity index (χ4v) is 7.80. The van der Waals surface area contributed by atoms with Gasteiger partial charge in [0.15, 0.2) is 0 Å². The lowest BCUT2D eigenvalue weighted by molar-refractivity contribution is -0.138. The summed E-state index contributed by atoms with van der Waals surface area (Å²) in [5, 5.41) is 6.85. The SMILES string of the molecule is O=C(C1CCCCC1)N1CCC(c2ccc(OCc3c(Cl)cccc3C(F)(F)F)cc2)(S(=O)c2ccc(F)cc2)C1.O=CO. The van der Waals surface area contributed by atoms with Gasteiger partial charge in [0.05, 0.1) is 21.1 Å². The standard InChI is InChI=1S/C31H30ClF4NO3S.CH2O2/c32-28-8-4-7-27(31(34,35)36)26(28)19-40-24-13-9-22(10-14-24)30(41(39)25-15-11-23(33)12-16-25)17-18-37(20-30)29(38)21-5-2-1-3-6-21;2-1-3/h4,7-16,21H,1-3,5-6,17-20H2;1H,(H,2,3). The first kappa shape index (κ1) is 33.5.